The van der Waals surface area contributed by atoms with Crippen molar-refractivity contribution in [3.8, 4) is 5.69 Å². The Morgan fingerprint density at radius 2 is 1.87 bits per heavy atom. The molecule has 1 amide bonds. The highest BCUT2D eigenvalue weighted by molar-refractivity contribution is 7.21. The zero-order valence-electron chi connectivity index (χ0n) is 17.1. The minimum Gasteiger partial charge on any atom is -0.462 e. The Kier molecular flexibility index (Phi) is 5.44. The van der Waals surface area contributed by atoms with Crippen LogP contribution in [0.4, 0.5) is 5.00 Å². The molecule has 0 aliphatic carbocycles. The van der Waals surface area contributed by atoms with Crippen molar-refractivity contribution in [2.45, 2.75) is 27.7 Å². The Balaban J connectivity index is 1.69. The summed E-state index contributed by atoms with van der Waals surface area (Å²) < 4.78 is 7.03. The van der Waals surface area contributed by atoms with Crippen LogP contribution in [0.3, 0.4) is 0 Å². The Morgan fingerprint density at radius 3 is 2.57 bits per heavy atom. The summed E-state index contributed by atoms with van der Waals surface area (Å²) >= 11 is 2.76. The average molecular weight is 440 g/mol. The Bertz CT molecular complexity index is 1250. The number of esters is 1. The van der Waals surface area contributed by atoms with Gasteiger partial charge in [-0.2, -0.15) is 5.10 Å². The first kappa shape index (κ1) is 20.3. The molecule has 6 nitrogen and oxygen atoms in total. The molecule has 3 aromatic heterocycles. The molecule has 0 fully saturated rings. The first-order valence-electron chi connectivity index (χ1n) is 9.53. The van der Waals surface area contributed by atoms with Gasteiger partial charge < -0.3 is 10.1 Å². The maximum atomic E-state index is 13.0. The molecule has 0 aliphatic rings. The summed E-state index contributed by atoms with van der Waals surface area (Å²) in [6.07, 6.45) is 0. The van der Waals surface area contributed by atoms with Crippen molar-refractivity contribution >= 4 is 49.8 Å². The van der Waals surface area contributed by atoms with Gasteiger partial charge in [-0.1, -0.05) is 18.2 Å². The summed E-state index contributed by atoms with van der Waals surface area (Å²) in [5.74, 6) is -0.663. The normalized spacial score (nSPS) is 11.1. The standard InChI is InChI=1S/C22H21N3O3S2/c1-5-28-22(27)18-12(2)14(4)29-20(18)23-19(26)17-11-16-13(3)24-25(21(16)30-17)15-9-7-6-8-10-15/h6-11H,5H2,1-4H3,(H,23,26). The molecule has 0 saturated heterocycles. The van der Waals surface area contributed by atoms with E-state index in [0.29, 0.717) is 15.4 Å². The molecule has 1 aromatic carbocycles. The number of carbonyl (C=O) groups is 2. The Labute approximate surface area is 182 Å². The lowest BCUT2D eigenvalue weighted by molar-refractivity contribution is 0.0527. The van der Waals surface area contributed by atoms with E-state index in [2.05, 4.69) is 10.4 Å². The van der Waals surface area contributed by atoms with Gasteiger partial charge in [-0.05, 0) is 51.5 Å². The summed E-state index contributed by atoms with van der Waals surface area (Å²) in [7, 11) is 0. The number of para-hydroxylation sites is 1. The number of thiophene rings is 2. The lowest BCUT2D eigenvalue weighted by atomic mass is 10.1. The zero-order chi connectivity index (χ0) is 21.4. The topological polar surface area (TPSA) is 73.2 Å². The highest BCUT2D eigenvalue weighted by Crippen LogP contribution is 2.35. The maximum absolute atomic E-state index is 13.0. The van der Waals surface area contributed by atoms with Gasteiger partial charge in [-0.3, -0.25) is 4.79 Å². The fourth-order valence-corrected chi connectivity index (χ4v) is 5.35. The number of anilines is 1. The third-order valence-corrected chi connectivity index (χ3v) is 7.09. The van der Waals surface area contributed by atoms with Crippen LogP contribution in [0.2, 0.25) is 0 Å². The molecule has 0 aliphatic heterocycles. The van der Waals surface area contributed by atoms with E-state index in [4.69, 9.17) is 4.74 Å². The Morgan fingerprint density at radius 1 is 1.13 bits per heavy atom. The monoisotopic (exact) mass is 439 g/mol. The molecule has 154 valence electrons. The van der Waals surface area contributed by atoms with E-state index in [0.717, 1.165) is 32.0 Å². The average Bonchev–Trinajstić information content (AvgIpc) is 3.37. The molecule has 4 rings (SSSR count). The smallest absolute Gasteiger partial charge is 0.341 e. The predicted molar refractivity (Wildman–Crippen MR) is 121 cm³/mol. The number of benzene rings is 1. The molecule has 0 radical (unpaired) electrons. The molecule has 0 spiro atoms. The molecule has 3 heterocycles. The first-order chi connectivity index (χ1) is 14.4. The van der Waals surface area contributed by atoms with Gasteiger partial charge >= 0.3 is 5.97 Å². The lowest BCUT2D eigenvalue weighted by Crippen LogP contribution is -2.14. The number of carbonyl (C=O) groups excluding carboxylic acids is 2. The summed E-state index contributed by atoms with van der Waals surface area (Å²) in [6, 6.07) is 11.7. The van der Waals surface area contributed by atoms with E-state index in [1.165, 1.54) is 22.7 Å². The summed E-state index contributed by atoms with van der Waals surface area (Å²) in [5, 5.41) is 8.99. The minimum absolute atomic E-state index is 0.248. The maximum Gasteiger partial charge on any atom is 0.341 e. The lowest BCUT2D eigenvalue weighted by Gasteiger charge is -2.06. The third-order valence-electron chi connectivity index (χ3n) is 4.86. The van der Waals surface area contributed by atoms with Crippen molar-refractivity contribution in [3.05, 3.63) is 63.0 Å². The second-order valence-electron chi connectivity index (χ2n) is 6.82. The molecule has 0 unspecified atom stereocenters. The first-order valence-corrected chi connectivity index (χ1v) is 11.2. The van der Waals surface area contributed by atoms with Gasteiger partial charge in [0.15, 0.2) is 0 Å². The number of ether oxygens (including phenoxy) is 1. The van der Waals surface area contributed by atoms with Crippen molar-refractivity contribution in [3.63, 3.8) is 0 Å². The minimum atomic E-state index is -0.415. The largest absolute Gasteiger partial charge is 0.462 e. The number of fused-ring (bicyclic) bond motifs is 1. The van der Waals surface area contributed by atoms with Crippen LogP contribution >= 0.6 is 22.7 Å². The van der Waals surface area contributed by atoms with Gasteiger partial charge in [-0.15, -0.1) is 22.7 Å². The fourth-order valence-electron chi connectivity index (χ4n) is 3.23. The van der Waals surface area contributed by atoms with Crippen LogP contribution in [0, 0.1) is 20.8 Å². The van der Waals surface area contributed by atoms with E-state index in [-0.39, 0.29) is 12.5 Å². The fraction of sp³-hybridized carbons (Fsp3) is 0.227. The van der Waals surface area contributed by atoms with Crippen molar-refractivity contribution < 1.29 is 14.3 Å². The van der Waals surface area contributed by atoms with Crippen molar-refractivity contribution in [1.29, 1.82) is 0 Å². The molecule has 0 saturated carbocycles. The van der Waals surface area contributed by atoms with Gasteiger partial charge in [-0.25, -0.2) is 9.48 Å². The van der Waals surface area contributed by atoms with Crippen LogP contribution in [-0.4, -0.2) is 28.3 Å². The van der Waals surface area contributed by atoms with Gasteiger partial charge in [0.2, 0.25) is 0 Å². The van der Waals surface area contributed by atoms with Crippen LogP contribution < -0.4 is 5.32 Å². The molecule has 4 aromatic rings. The number of aromatic nitrogens is 2. The van der Waals surface area contributed by atoms with Crippen molar-refractivity contribution in [1.82, 2.24) is 9.78 Å². The third kappa shape index (κ3) is 3.53. The molecule has 30 heavy (non-hydrogen) atoms. The predicted octanol–water partition coefficient (Wildman–Crippen LogP) is 5.50. The quantitative estimate of drug-likeness (QED) is 0.417. The number of nitrogens with one attached hydrogen (secondary N) is 1. The number of hydrogen-bond acceptors (Lipinski definition) is 6. The Hall–Kier alpha value is -2.97. The highest BCUT2D eigenvalue weighted by Gasteiger charge is 2.24. The van der Waals surface area contributed by atoms with E-state index in [9.17, 15) is 9.59 Å². The van der Waals surface area contributed by atoms with Crippen LogP contribution in [-0.2, 0) is 4.74 Å². The number of rotatable bonds is 5. The summed E-state index contributed by atoms with van der Waals surface area (Å²) in [5.41, 5.74) is 3.07. The number of nitrogens with zero attached hydrogens (tertiary/aromatic N) is 2. The SMILES string of the molecule is CCOC(=O)c1c(NC(=O)c2cc3c(C)nn(-c4ccccc4)c3s2)sc(C)c1C. The van der Waals surface area contributed by atoms with Crippen LogP contribution in [0.25, 0.3) is 15.9 Å². The number of amides is 1. The van der Waals surface area contributed by atoms with Crippen molar-refractivity contribution in [2.24, 2.45) is 0 Å². The number of aryl methyl sites for hydroxylation is 2. The molecule has 0 bridgehead atoms. The van der Waals surface area contributed by atoms with Crippen LogP contribution in [0.1, 0.15) is 43.1 Å². The summed E-state index contributed by atoms with van der Waals surface area (Å²) in [4.78, 5) is 27.9. The van der Waals surface area contributed by atoms with E-state index in [1.807, 2.05) is 61.9 Å². The van der Waals surface area contributed by atoms with Crippen LogP contribution in [0.5, 0.6) is 0 Å². The van der Waals surface area contributed by atoms with Crippen LogP contribution in [0.15, 0.2) is 36.4 Å². The summed E-state index contributed by atoms with van der Waals surface area (Å²) in [6.45, 7) is 7.77. The van der Waals surface area contributed by atoms with E-state index < -0.39 is 5.97 Å². The van der Waals surface area contributed by atoms with Gasteiger partial charge in [0, 0.05) is 10.3 Å². The molecule has 8 heteroatoms. The van der Waals surface area contributed by atoms with Gasteiger partial charge in [0.1, 0.15) is 9.83 Å². The molecule has 0 atom stereocenters. The van der Waals surface area contributed by atoms with E-state index >= 15 is 0 Å². The zero-order valence-corrected chi connectivity index (χ0v) is 18.7. The second kappa shape index (κ2) is 8.04. The second-order valence-corrected chi connectivity index (χ2v) is 9.08. The molecular weight excluding hydrogens is 418 g/mol. The number of hydrogen-bond donors (Lipinski definition) is 1. The van der Waals surface area contributed by atoms with Crippen molar-refractivity contribution in [2.75, 3.05) is 11.9 Å². The van der Waals surface area contributed by atoms with Gasteiger partial charge in [0.05, 0.1) is 28.4 Å². The van der Waals surface area contributed by atoms with E-state index in [1.54, 1.807) is 6.92 Å². The highest BCUT2D eigenvalue weighted by atomic mass is 32.1. The molecule has 1 N–H and O–H groups in total. The van der Waals surface area contributed by atoms with Gasteiger partial charge in [0.25, 0.3) is 5.91 Å². The molecular formula is C22H21N3O3S2.